The number of ketones is 1. The summed E-state index contributed by atoms with van der Waals surface area (Å²) in [5.74, 6) is 0.149. The Morgan fingerprint density at radius 2 is 1.81 bits per heavy atom. The summed E-state index contributed by atoms with van der Waals surface area (Å²) >= 11 is 0. The van der Waals surface area contributed by atoms with Crippen LogP contribution in [0.2, 0.25) is 0 Å². The number of aromatic nitrogens is 1. The Morgan fingerprint density at radius 1 is 1.00 bits per heavy atom. The van der Waals surface area contributed by atoms with Crippen molar-refractivity contribution in [3.05, 3.63) is 95.5 Å². The van der Waals surface area contributed by atoms with E-state index in [2.05, 4.69) is 4.98 Å². The first-order valence-corrected chi connectivity index (χ1v) is 7.97. The predicted octanol–water partition coefficient (Wildman–Crippen LogP) is 3.92. The molecule has 0 fully saturated rings. The third-order valence-corrected chi connectivity index (χ3v) is 3.83. The Bertz CT molecular complexity index is 1010. The summed E-state index contributed by atoms with van der Waals surface area (Å²) in [6.07, 6.45) is 3.22. The van der Waals surface area contributed by atoms with Gasteiger partial charge in [0.05, 0.1) is 16.8 Å². The molecule has 0 unspecified atom stereocenters. The number of nitrogens with zero attached hydrogens (tertiary/aromatic N) is 1. The minimum Gasteiger partial charge on any atom is -0.452 e. The number of pyridine rings is 1. The van der Waals surface area contributed by atoms with Gasteiger partial charge >= 0.3 is 5.97 Å². The van der Waals surface area contributed by atoms with Crippen molar-refractivity contribution in [3.63, 3.8) is 0 Å². The lowest BCUT2D eigenvalue weighted by Gasteiger charge is -2.05. The summed E-state index contributed by atoms with van der Waals surface area (Å²) in [5, 5.41) is 0. The van der Waals surface area contributed by atoms with Crippen molar-refractivity contribution < 1.29 is 19.1 Å². The quantitative estimate of drug-likeness (QED) is 0.410. The van der Waals surface area contributed by atoms with Gasteiger partial charge in [0.1, 0.15) is 11.5 Å². The van der Waals surface area contributed by atoms with Crippen LogP contribution in [0.4, 0.5) is 0 Å². The van der Waals surface area contributed by atoms with Gasteiger partial charge in [0.2, 0.25) is 5.78 Å². The molecule has 1 aromatic heterocycles. The molecule has 0 N–H and O–H groups in total. The normalized spacial score (nSPS) is 14.0. The van der Waals surface area contributed by atoms with Gasteiger partial charge in [-0.15, -0.1) is 0 Å². The van der Waals surface area contributed by atoms with E-state index in [9.17, 15) is 9.59 Å². The number of esters is 1. The van der Waals surface area contributed by atoms with E-state index < -0.39 is 5.97 Å². The monoisotopic (exact) mass is 343 g/mol. The molecule has 26 heavy (non-hydrogen) atoms. The van der Waals surface area contributed by atoms with E-state index in [4.69, 9.17) is 9.47 Å². The minimum atomic E-state index is -0.473. The SMILES string of the molecule is O=C(Oc1ccc2c(c1)O/C(=C\c1ccccn1)C2=O)c1ccccc1. The molecule has 3 aromatic rings. The fourth-order valence-electron chi connectivity index (χ4n) is 2.57. The standard InChI is InChI=1S/C21H13NO4/c23-20-17-10-9-16(25-21(24)14-6-2-1-3-7-14)13-18(17)26-19(20)12-15-8-4-5-11-22-15/h1-13H/b19-12-. The molecule has 5 heteroatoms. The molecule has 2 heterocycles. The van der Waals surface area contributed by atoms with Crippen LogP contribution in [-0.2, 0) is 0 Å². The maximum atomic E-state index is 12.4. The van der Waals surface area contributed by atoms with Gasteiger partial charge in [0.25, 0.3) is 0 Å². The first kappa shape index (κ1) is 15.8. The first-order chi connectivity index (χ1) is 12.7. The zero-order valence-corrected chi connectivity index (χ0v) is 13.6. The van der Waals surface area contributed by atoms with Crippen molar-refractivity contribution in [2.45, 2.75) is 0 Å². The van der Waals surface area contributed by atoms with Crippen LogP contribution in [0.3, 0.4) is 0 Å². The summed E-state index contributed by atoms with van der Waals surface area (Å²) in [4.78, 5) is 28.7. The summed E-state index contributed by atoms with van der Waals surface area (Å²) < 4.78 is 11.0. The lowest BCUT2D eigenvalue weighted by molar-refractivity contribution is 0.0734. The van der Waals surface area contributed by atoms with E-state index in [-0.39, 0.29) is 11.5 Å². The highest BCUT2D eigenvalue weighted by Crippen LogP contribution is 2.34. The van der Waals surface area contributed by atoms with Crippen molar-refractivity contribution in [3.8, 4) is 11.5 Å². The molecule has 0 spiro atoms. The third kappa shape index (κ3) is 3.10. The highest BCUT2D eigenvalue weighted by atomic mass is 16.5. The number of carbonyl (C=O) groups is 2. The molecule has 0 aliphatic carbocycles. The van der Waals surface area contributed by atoms with E-state index in [1.807, 2.05) is 12.1 Å². The second kappa shape index (κ2) is 6.64. The number of allylic oxidation sites excluding steroid dienone is 1. The Morgan fingerprint density at radius 3 is 2.58 bits per heavy atom. The number of hydrogen-bond acceptors (Lipinski definition) is 5. The molecule has 0 amide bonds. The van der Waals surface area contributed by atoms with Crippen LogP contribution in [0.1, 0.15) is 26.4 Å². The molecule has 4 rings (SSSR count). The number of ether oxygens (including phenoxy) is 2. The fraction of sp³-hybridized carbons (Fsp3) is 0. The number of fused-ring (bicyclic) bond motifs is 1. The molecular weight excluding hydrogens is 330 g/mol. The van der Waals surface area contributed by atoms with E-state index in [1.54, 1.807) is 60.8 Å². The first-order valence-electron chi connectivity index (χ1n) is 7.97. The summed E-state index contributed by atoms with van der Waals surface area (Å²) in [6, 6.07) is 18.8. The molecule has 0 bridgehead atoms. The van der Waals surface area contributed by atoms with Crippen LogP contribution in [0.5, 0.6) is 11.5 Å². The van der Waals surface area contributed by atoms with Gasteiger partial charge in [-0.3, -0.25) is 9.78 Å². The molecule has 126 valence electrons. The molecular formula is C21H13NO4. The summed E-state index contributed by atoms with van der Waals surface area (Å²) in [5.41, 5.74) is 1.49. The predicted molar refractivity (Wildman–Crippen MR) is 95.0 cm³/mol. The van der Waals surface area contributed by atoms with E-state index in [1.165, 1.54) is 6.07 Å². The van der Waals surface area contributed by atoms with Crippen LogP contribution in [0.25, 0.3) is 6.08 Å². The summed E-state index contributed by atoms with van der Waals surface area (Å²) in [7, 11) is 0. The second-order valence-corrected chi connectivity index (χ2v) is 5.61. The molecule has 0 saturated carbocycles. The van der Waals surface area contributed by atoms with Crippen molar-refractivity contribution in [2.75, 3.05) is 0 Å². The number of hydrogen-bond donors (Lipinski definition) is 0. The average molecular weight is 343 g/mol. The Kier molecular flexibility index (Phi) is 4.03. The Hall–Kier alpha value is -3.73. The van der Waals surface area contributed by atoms with Crippen LogP contribution in [0.15, 0.2) is 78.7 Å². The van der Waals surface area contributed by atoms with E-state index >= 15 is 0 Å². The molecule has 5 nitrogen and oxygen atoms in total. The molecule has 0 atom stereocenters. The van der Waals surface area contributed by atoms with Gasteiger partial charge < -0.3 is 9.47 Å². The maximum absolute atomic E-state index is 12.4. The third-order valence-electron chi connectivity index (χ3n) is 3.83. The molecule has 1 aliphatic heterocycles. The van der Waals surface area contributed by atoms with Gasteiger partial charge in [-0.2, -0.15) is 0 Å². The van der Waals surface area contributed by atoms with Crippen LogP contribution in [0, 0.1) is 0 Å². The van der Waals surface area contributed by atoms with Crippen molar-refractivity contribution >= 4 is 17.8 Å². The van der Waals surface area contributed by atoms with Crippen LogP contribution in [-0.4, -0.2) is 16.7 Å². The van der Waals surface area contributed by atoms with Crippen molar-refractivity contribution in [1.29, 1.82) is 0 Å². The van der Waals surface area contributed by atoms with E-state index in [0.717, 1.165) is 0 Å². The van der Waals surface area contributed by atoms with Gasteiger partial charge in [-0.05, 0) is 36.4 Å². The molecule has 2 aromatic carbocycles. The minimum absolute atomic E-state index is 0.185. The van der Waals surface area contributed by atoms with Gasteiger partial charge in [-0.1, -0.05) is 24.3 Å². The molecule has 1 aliphatic rings. The van der Waals surface area contributed by atoms with Gasteiger partial charge in [0, 0.05) is 18.3 Å². The number of rotatable bonds is 3. The highest BCUT2D eigenvalue weighted by Gasteiger charge is 2.28. The Balaban J connectivity index is 1.56. The topological polar surface area (TPSA) is 65.5 Å². The average Bonchev–Trinajstić information content (AvgIpc) is 2.98. The second-order valence-electron chi connectivity index (χ2n) is 5.61. The molecule has 0 radical (unpaired) electrons. The lowest BCUT2D eigenvalue weighted by Crippen LogP contribution is -2.08. The van der Waals surface area contributed by atoms with Crippen molar-refractivity contribution in [2.24, 2.45) is 0 Å². The maximum Gasteiger partial charge on any atom is 0.343 e. The number of carbonyl (C=O) groups excluding carboxylic acids is 2. The largest absolute Gasteiger partial charge is 0.452 e. The lowest BCUT2D eigenvalue weighted by atomic mass is 10.1. The fourth-order valence-corrected chi connectivity index (χ4v) is 2.57. The van der Waals surface area contributed by atoms with Gasteiger partial charge in [0.15, 0.2) is 5.76 Å². The summed E-state index contributed by atoms with van der Waals surface area (Å²) in [6.45, 7) is 0. The van der Waals surface area contributed by atoms with Crippen LogP contribution < -0.4 is 9.47 Å². The number of Topliss-reactive ketones (excluding diaryl/α,β-unsaturated/α-hetero) is 1. The Labute approximate surface area is 149 Å². The zero-order valence-electron chi connectivity index (χ0n) is 13.6. The highest BCUT2D eigenvalue weighted by molar-refractivity contribution is 6.14. The van der Waals surface area contributed by atoms with Crippen LogP contribution >= 0.6 is 0 Å². The van der Waals surface area contributed by atoms with E-state index in [0.29, 0.717) is 28.3 Å². The number of benzene rings is 2. The molecule has 0 saturated heterocycles. The zero-order chi connectivity index (χ0) is 17.9. The van der Waals surface area contributed by atoms with Crippen molar-refractivity contribution in [1.82, 2.24) is 4.98 Å². The van der Waals surface area contributed by atoms with Gasteiger partial charge in [-0.25, -0.2) is 4.79 Å². The smallest absolute Gasteiger partial charge is 0.343 e.